The molecule has 1 aromatic carbocycles. The molecule has 0 amide bonds. The minimum atomic E-state index is 0.226. The van der Waals surface area contributed by atoms with Crippen LogP contribution < -0.4 is 9.47 Å². The van der Waals surface area contributed by atoms with Crippen LogP contribution in [0, 0.1) is 0 Å². The Kier molecular flexibility index (Phi) is 11.2. The van der Waals surface area contributed by atoms with E-state index in [1.54, 1.807) is 20.3 Å². The average Bonchev–Trinajstić information content (AvgIpc) is 2.60. The average molecular weight is 337 g/mol. The molecule has 0 saturated carbocycles. The zero-order valence-electron chi connectivity index (χ0n) is 15.9. The number of methoxy groups -OCH3 is 2. The van der Waals surface area contributed by atoms with Crippen LogP contribution in [0.4, 0.5) is 0 Å². The molecule has 0 aliphatic rings. The van der Waals surface area contributed by atoms with Crippen molar-refractivity contribution < 1.29 is 14.6 Å². The van der Waals surface area contributed by atoms with Crippen LogP contribution in [0.15, 0.2) is 12.1 Å². The zero-order chi connectivity index (χ0) is 17.6. The molecule has 0 saturated heterocycles. The molecule has 0 aliphatic carbocycles. The highest BCUT2D eigenvalue weighted by atomic mass is 16.5. The summed E-state index contributed by atoms with van der Waals surface area (Å²) in [6, 6.07) is 3.62. The van der Waals surface area contributed by atoms with Crippen LogP contribution in [0.2, 0.25) is 0 Å². The number of phenolic OH excluding ortho intramolecular Hbond substituents is 1. The van der Waals surface area contributed by atoms with E-state index in [-0.39, 0.29) is 5.75 Å². The van der Waals surface area contributed by atoms with Gasteiger partial charge < -0.3 is 14.6 Å². The quantitative estimate of drug-likeness (QED) is 0.407. The Hall–Kier alpha value is -1.38. The number of hydrogen-bond acceptors (Lipinski definition) is 3. The van der Waals surface area contributed by atoms with Crippen molar-refractivity contribution in [2.75, 3.05) is 14.2 Å². The van der Waals surface area contributed by atoms with Gasteiger partial charge in [-0.15, -0.1) is 0 Å². The number of aromatic hydroxyl groups is 1. The lowest BCUT2D eigenvalue weighted by molar-refractivity contribution is 0.359. The van der Waals surface area contributed by atoms with Gasteiger partial charge in [-0.3, -0.25) is 0 Å². The Morgan fingerprint density at radius 3 is 1.67 bits per heavy atom. The summed E-state index contributed by atoms with van der Waals surface area (Å²) >= 11 is 0. The fourth-order valence-corrected chi connectivity index (χ4v) is 3.16. The molecule has 1 N–H and O–H groups in total. The van der Waals surface area contributed by atoms with Gasteiger partial charge in [-0.1, -0.05) is 71.1 Å². The van der Waals surface area contributed by atoms with E-state index in [1.165, 1.54) is 64.2 Å². The van der Waals surface area contributed by atoms with E-state index in [1.807, 2.05) is 6.07 Å². The third kappa shape index (κ3) is 7.46. The maximum absolute atomic E-state index is 10.3. The zero-order valence-corrected chi connectivity index (χ0v) is 15.9. The number of hydrogen-bond donors (Lipinski definition) is 1. The molecule has 1 aromatic rings. The van der Waals surface area contributed by atoms with Gasteiger partial charge in [0.15, 0.2) is 11.5 Å². The summed E-state index contributed by atoms with van der Waals surface area (Å²) < 4.78 is 10.5. The van der Waals surface area contributed by atoms with Crippen molar-refractivity contribution in [1.29, 1.82) is 0 Å². The molecule has 3 nitrogen and oxygen atoms in total. The predicted octanol–water partition coefficient (Wildman–Crippen LogP) is 6.26. The summed E-state index contributed by atoms with van der Waals surface area (Å²) in [4.78, 5) is 0. The molecule has 3 heteroatoms. The van der Waals surface area contributed by atoms with E-state index in [4.69, 9.17) is 9.47 Å². The SMILES string of the molecule is CCCCCCCCCCCCCc1c(OC)ccc(OC)c1O. The molecule has 24 heavy (non-hydrogen) atoms. The van der Waals surface area contributed by atoms with E-state index >= 15 is 0 Å². The molecule has 0 unspecified atom stereocenters. The Balaban J connectivity index is 2.17. The molecule has 0 fully saturated rings. The Bertz CT molecular complexity index is 443. The highest BCUT2D eigenvalue weighted by Gasteiger charge is 2.13. The number of phenols is 1. The number of ether oxygens (including phenoxy) is 2. The van der Waals surface area contributed by atoms with Gasteiger partial charge in [0.2, 0.25) is 0 Å². The smallest absolute Gasteiger partial charge is 0.164 e. The van der Waals surface area contributed by atoms with Crippen LogP contribution in [0.25, 0.3) is 0 Å². The predicted molar refractivity (Wildman–Crippen MR) is 101 cm³/mol. The number of unbranched alkanes of at least 4 members (excludes halogenated alkanes) is 10. The van der Waals surface area contributed by atoms with Gasteiger partial charge in [0.25, 0.3) is 0 Å². The summed E-state index contributed by atoms with van der Waals surface area (Å²) in [6.45, 7) is 2.26. The highest BCUT2D eigenvalue weighted by Crippen LogP contribution is 2.37. The molecule has 1 rings (SSSR count). The Labute approximate surface area is 148 Å². The van der Waals surface area contributed by atoms with Gasteiger partial charge in [0.1, 0.15) is 5.75 Å². The van der Waals surface area contributed by atoms with Gasteiger partial charge in [0, 0.05) is 5.56 Å². The fourth-order valence-electron chi connectivity index (χ4n) is 3.16. The first-order chi connectivity index (χ1) is 11.7. The molecule has 0 heterocycles. The highest BCUT2D eigenvalue weighted by molar-refractivity contribution is 5.53. The Morgan fingerprint density at radius 1 is 0.708 bits per heavy atom. The standard InChI is InChI=1S/C21H36O3/c1-4-5-6-7-8-9-10-11-12-13-14-15-18-19(23-2)16-17-20(24-3)21(18)22/h16-17,22H,4-15H2,1-3H3. The van der Waals surface area contributed by atoms with Crippen LogP contribution >= 0.6 is 0 Å². The normalized spacial score (nSPS) is 10.8. The fraction of sp³-hybridized carbons (Fsp3) is 0.714. The van der Waals surface area contributed by atoms with Crippen molar-refractivity contribution >= 4 is 0 Å². The van der Waals surface area contributed by atoms with E-state index in [9.17, 15) is 5.11 Å². The van der Waals surface area contributed by atoms with E-state index < -0.39 is 0 Å². The summed E-state index contributed by atoms with van der Waals surface area (Å²) in [7, 11) is 3.22. The summed E-state index contributed by atoms with van der Waals surface area (Å²) in [5, 5.41) is 10.3. The van der Waals surface area contributed by atoms with Crippen molar-refractivity contribution in [2.45, 2.75) is 84.0 Å². The Morgan fingerprint density at radius 2 is 1.17 bits per heavy atom. The lowest BCUT2D eigenvalue weighted by atomic mass is 10.0. The van der Waals surface area contributed by atoms with E-state index in [0.717, 1.165) is 24.2 Å². The van der Waals surface area contributed by atoms with Crippen molar-refractivity contribution in [3.63, 3.8) is 0 Å². The van der Waals surface area contributed by atoms with Crippen LogP contribution in [0.1, 0.15) is 83.1 Å². The topological polar surface area (TPSA) is 38.7 Å². The molecular formula is C21H36O3. The van der Waals surface area contributed by atoms with Crippen LogP contribution in [-0.2, 0) is 6.42 Å². The first kappa shape index (κ1) is 20.7. The van der Waals surface area contributed by atoms with Gasteiger partial charge in [-0.05, 0) is 25.0 Å². The molecule has 0 aliphatic heterocycles. The monoisotopic (exact) mass is 336 g/mol. The number of benzene rings is 1. The largest absolute Gasteiger partial charge is 0.504 e. The van der Waals surface area contributed by atoms with Crippen molar-refractivity contribution in [1.82, 2.24) is 0 Å². The lowest BCUT2D eigenvalue weighted by Crippen LogP contribution is -1.96. The van der Waals surface area contributed by atoms with Gasteiger partial charge in [-0.2, -0.15) is 0 Å². The molecule has 0 aromatic heterocycles. The molecule has 138 valence electrons. The second-order valence-electron chi connectivity index (χ2n) is 6.58. The first-order valence-electron chi connectivity index (χ1n) is 9.67. The van der Waals surface area contributed by atoms with Crippen LogP contribution in [0.5, 0.6) is 17.2 Å². The van der Waals surface area contributed by atoms with Crippen molar-refractivity contribution in [3.05, 3.63) is 17.7 Å². The van der Waals surface area contributed by atoms with Crippen LogP contribution in [-0.4, -0.2) is 19.3 Å². The molecule has 0 atom stereocenters. The van der Waals surface area contributed by atoms with Gasteiger partial charge in [0.05, 0.1) is 14.2 Å². The minimum absolute atomic E-state index is 0.226. The van der Waals surface area contributed by atoms with E-state index in [0.29, 0.717) is 5.75 Å². The second-order valence-corrected chi connectivity index (χ2v) is 6.58. The summed E-state index contributed by atoms with van der Waals surface area (Å²) in [5.41, 5.74) is 0.868. The van der Waals surface area contributed by atoms with Crippen molar-refractivity contribution in [2.24, 2.45) is 0 Å². The maximum Gasteiger partial charge on any atom is 0.164 e. The van der Waals surface area contributed by atoms with E-state index in [2.05, 4.69) is 6.92 Å². The third-order valence-electron chi connectivity index (χ3n) is 4.67. The lowest BCUT2D eigenvalue weighted by Gasteiger charge is -2.13. The number of rotatable bonds is 14. The minimum Gasteiger partial charge on any atom is -0.504 e. The first-order valence-corrected chi connectivity index (χ1v) is 9.67. The summed E-state index contributed by atoms with van der Waals surface area (Å²) in [6.07, 6.45) is 15.4. The second kappa shape index (κ2) is 13.0. The molecular weight excluding hydrogens is 300 g/mol. The summed E-state index contributed by atoms with van der Waals surface area (Å²) in [5.74, 6) is 1.50. The maximum atomic E-state index is 10.3. The van der Waals surface area contributed by atoms with Gasteiger partial charge in [-0.25, -0.2) is 0 Å². The van der Waals surface area contributed by atoms with Gasteiger partial charge >= 0.3 is 0 Å². The van der Waals surface area contributed by atoms with Crippen molar-refractivity contribution in [3.8, 4) is 17.2 Å². The van der Waals surface area contributed by atoms with Crippen LogP contribution in [0.3, 0.4) is 0 Å². The third-order valence-corrected chi connectivity index (χ3v) is 4.67. The molecule has 0 spiro atoms. The molecule has 0 radical (unpaired) electrons. The molecule has 0 bridgehead atoms.